The Morgan fingerprint density at radius 1 is 1.36 bits per heavy atom. The molecule has 1 fully saturated rings. The first-order valence-corrected chi connectivity index (χ1v) is 6.85. The smallest absolute Gasteiger partial charge is 0.211 e. The first-order chi connectivity index (χ1) is 6.59. The summed E-state index contributed by atoms with van der Waals surface area (Å²) in [6, 6.07) is -0.0568. The van der Waals surface area contributed by atoms with Gasteiger partial charge in [-0.05, 0) is 25.7 Å². The number of nitrogens with one attached hydrogen (secondary N) is 1. The van der Waals surface area contributed by atoms with E-state index in [-0.39, 0.29) is 24.3 Å². The van der Waals surface area contributed by atoms with Crippen LogP contribution in [-0.4, -0.2) is 31.9 Å². The average molecular weight is 221 g/mol. The van der Waals surface area contributed by atoms with Crippen molar-refractivity contribution in [1.29, 1.82) is 0 Å². The van der Waals surface area contributed by atoms with Crippen LogP contribution in [0, 0.1) is 5.92 Å². The van der Waals surface area contributed by atoms with E-state index >= 15 is 0 Å². The molecule has 4 nitrogen and oxygen atoms in total. The highest BCUT2D eigenvalue weighted by molar-refractivity contribution is 7.89. The van der Waals surface area contributed by atoms with Crippen LogP contribution in [0.15, 0.2) is 0 Å². The van der Waals surface area contributed by atoms with Gasteiger partial charge in [-0.2, -0.15) is 0 Å². The van der Waals surface area contributed by atoms with Gasteiger partial charge in [-0.15, -0.1) is 0 Å². The lowest BCUT2D eigenvalue weighted by Gasteiger charge is -2.30. The molecule has 0 bridgehead atoms. The number of hydrogen-bond acceptors (Lipinski definition) is 3. The van der Waals surface area contributed by atoms with Crippen molar-refractivity contribution in [1.82, 2.24) is 4.72 Å². The fourth-order valence-electron chi connectivity index (χ4n) is 1.90. The van der Waals surface area contributed by atoms with Gasteiger partial charge in [0, 0.05) is 12.6 Å². The van der Waals surface area contributed by atoms with E-state index in [1.807, 2.05) is 0 Å². The summed E-state index contributed by atoms with van der Waals surface area (Å²) in [6.45, 7) is 1.70. The Morgan fingerprint density at radius 3 is 2.57 bits per heavy atom. The predicted octanol–water partition coefficient (Wildman–Crippen LogP) is 0.477. The number of rotatable bonds is 4. The molecule has 84 valence electrons. The molecule has 0 heterocycles. The topological polar surface area (TPSA) is 66.4 Å². The summed E-state index contributed by atoms with van der Waals surface area (Å²) in [5.41, 5.74) is 0. The van der Waals surface area contributed by atoms with Crippen molar-refractivity contribution in [3.05, 3.63) is 0 Å². The van der Waals surface area contributed by atoms with Gasteiger partial charge in [0.05, 0.1) is 5.75 Å². The molecule has 0 aliphatic heterocycles. The van der Waals surface area contributed by atoms with E-state index in [0.717, 1.165) is 25.7 Å². The molecule has 0 spiro atoms. The normalized spacial score (nSPS) is 29.0. The van der Waals surface area contributed by atoms with Gasteiger partial charge in [0.1, 0.15) is 0 Å². The van der Waals surface area contributed by atoms with Crippen molar-refractivity contribution in [3.63, 3.8) is 0 Å². The van der Waals surface area contributed by atoms with Gasteiger partial charge in [-0.25, -0.2) is 13.1 Å². The van der Waals surface area contributed by atoms with Crippen LogP contribution in [-0.2, 0) is 10.0 Å². The van der Waals surface area contributed by atoms with Crippen LogP contribution < -0.4 is 4.72 Å². The van der Waals surface area contributed by atoms with E-state index in [2.05, 4.69) is 4.72 Å². The number of sulfonamides is 1. The van der Waals surface area contributed by atoms with Crippen LogP contribution in [0.25, 0.3) is 0 Å². The van der Waals surface area contributed by atoms with E-state index in [1.54, 1.807) is 6.92 Å². The number of aliphatic hydroxyl groups excluding tert-OH is 1. The highest BCUT2D eigenvalue weighted by atomic mass is 32.2. The lowest BCUT2D eigenvalue weighted by atomic mass is 9.86. The molecular weight excluding hydrogens is 202 g/mol. The molecule has 0 aromatic rings. The second kappa shape index (κ2) is 5.09. The van der Waals surface area contributed by atoms with Crippen molar-refractivity contribution < 1.29 is 13.5 Å². The number of hydrogen-bond donors (Lipinski definition) is 2. The van der Waals surface area contributed by atoms with Gasteiger partial charge in [0.25, 0.3) is 0 Å². The maximum Gasteiger partial charge on any atom is 0.211 e. The molecule has 1 rings (SSSR count). The molecule has 0 saturated heterocycles. The Morgan fingerprint density at radius 2 is 2.00 bits per heavy atom. The second-order valence-corrected chi connectivity index (χ2v) is 5.90. The fraction of sp³-hybridized carbons (Fsp3) is 1.00. The van der Waals surface area contributed by atoms with E-state index in [1.165, 1.54) is 0 Å². The maximum absolute atomic E-state index is 11.3. The lowest BCUT2D eigenvalue weighted by molar-refractivity contribution is 0.164. The van der Waals surface area contributed by atoms with Gasteiger partial charge < -0.3 is 5.11 Å². The highest BCUT2D eigenvalue weighted by Crippen LogP contribution is 2.24. The molecule has 0 radical (unpaired) electrons. The first-order valence-electron chi connectivity index (χ1n) is 5.20. The third kappa shape index (κ3) is 3.22. The molecule has 2 N–H and O–H groups in total. The molecular formula is C9H19NO3S. The zero-order chi connectivity index (χ0) is 10.6. The minimum atomic E-state index is -3.12. The fourth-order valence-corrected chi connectivity index (χ4v) is 2.83. The summed E-state index contributed by atoms with van der Waals surface area (Å²) >= 11 is 0. The van der Waals surface area contributed by atoms with Crippen LogP contribution in [0.1, 0.15) is 32.6 Å². The minimum Gasteiger partial charge on any atom is -0.396 e. The van der Waals surface area contributed by atoms with Crippen molar-refractivity contribution in [2.45, 2.75) is 38.6 Å². The van der Waals surface area contributed by atoms with Crippen molar-refractivity contribution in [3.8, 4) is 0 Å². The Labute approximate surface area is 85.8 Å². The van der Waals surface area contributed by atoms with Crippen molar-refractivity contribution in [2.24, 2.45) is 5.92 Å². The SMILES string of the molecule is CCS(=O)(=O)NC1CCCCC1CO. The zero-order valence-electron chi connectivity index (χ0n) is 8.57. The van der Waals surface area contributed by atoms with Crippen LogP contribution in [0.5, 0.6) is 0 Å². The van der Waals surface area contributed by atoms with Crippen LogP contribution in [0.2, 0.25) is 0 Å². The van der Waals surface area contributed by atoms with Gasteiger partial charge in [-0.3, -0.25) is 0 Å². The molecule has 1 saturated carbocycles. The standard InChI is InChI=1S/C9H19NO3S/c1-2-14(12,13)10-9-6-4-3-5-8(9)7-11/h8-11H,2-7H2,1H3. The Bertz CT molecular complexity index is 263. The summed E-state index contributed by atoms with van der Waals surface area (Å²) < 4.78 is 25.3. The average Bonchev–Trinajstić information content (AvgIpc) is 2.18. The summed E-state index contributed by atoms with van der Waals surface area (Å²) in [6.07, 6.45) is 3.92. The quantitative estimate of drug-likeness (QED) is 0.725. The summed E-state index contributed by atoms with van der Waals surface area (Å²) in [4.78, 5) is 0. The van der Waals surface area contributed by atoms with Crippen LogP contribution in [0.3, 0.4) is 0 Å². The molecule has 1 aliphatic carbocycles. The van der Waals surface area contributed by atoms with E-state index < -0.39 is 10.0 Å². The van der Waals surface area contributed by atoms with Gasteiger partial charge in [0.2, 0.25) is 10.0 Å². The van der Waals surface area contributed by atoms with E-state index in [9.17, 15) is 8.42 Å². The second-order valence-electron chi connectivity index (χ2n) is 3.85. The molecule has 5 heteroatoms. The van der Waals surface area contributed by atoms with Gasteiger partial charge >= 0.3 is 0 Å². The predicted molar refractivity (Wildman–Crippen MR) is 55.4 cm³/mol. The van der Waals surface area contributed by atoms with Crippen LogP contribution >= 0.6 is 0 Å². The number of aliphatic hydroxyl groups is 1. The van der Waals surface area contributed by atoms with Crippen molar-refractivity contribution >= 4 is 10.0 Å². The molecule has 2 unspecified atom stereocenters. The Balaban J connectivity index is 2.57. The lowest BCUT2D eigenvalue weighted by Crippen LogP contribution is -2.43. The Kier molecular flexibility index (Phi) is 4.34. The molecule has 14 heavy (non-hydrogen) atoms. The monoisotopic (exact) mass is 221 g/mol. The van der Waals surface area contributed by atoms with E-state index in [4.69, 9.17) is 5.11 Å². The molecule has 2 atom stereocenters. The minimum absolute atomic E-state index is 0.0568. The third-order valence-corrected chi connectivity index (χ3v) is 4.28. The zero-order valence-corrected chi connectivity index (χ0v) is 9.39. The van der Waals surface area contributed by atoms with Gasteiger partial charge in [0.15, 0.2) is 0 Å². The summed E-state index contributed by atoms with van der Waals surface area (Å²) in [5.74, 6) is 0.215. The maximum atomic E-state index is 11.3. The largest absolute Gasteiger partial charge is 0.396 e. The van der Waals surface area contributed by atoms with E-state index in [0.29, 0.717) is 0 Å². The molecule has 0 aromatic carbocycles. The molecule has 0 amide bonds. The Hall–Kier alpha value is -0.130. The van der Waals surface area contributed by atoms with Crippen LogP contribution in [0.4, 0.5) is 0 Å². The summed E-state index contributed by atoms with van der Waals surface area (Å²) in [5, 5.41) is 9.10. The highest BCUT2D eigenvalue weighted by Gasteiger charge is 2.27. The summed E-state index contributed by atoms with van der Waals surface area (Å²) in [7, 11) is -3.12. The first kappa shape index (κ1) is 11.9. The van der Waals surface area contributed by atoms with Gasteiger partial charge in [-0.1, -0.05) is 12.8 Å². The molecule has 0 aromatic heterocycles. The van der Waals surface area contributed by atoms with Crippen molar-refractivity contribution in [2.75, 3.05) is 12.4 Å². The third-order valence-electron chi connectivity index (χ3n) is 2.85. The molecule has 1 aliphatic rings.